The third-order valence-corrected chi connectivity index (χ3v) is 3.41. The Morgan fingerprint density at radius 1 is 1.25 bits per heavy atom. The lowest BCUT2D eigenvalue weighted by molar-refractivity contribution is -0.137. The van der Waals surface area contributed by atoms with E-state index in [1.54, 1.807) is 0 Å². The SMILES string of the molecule is N#Cc1ccc(COc2ccc(C(F)(F)F)cc2Cl)c(C(=O)O)c1. The van der Waals surface area contributed by atoms with E-state index in [4.69, 9.17) is 26.7 Å². The molecule has 1 N–H and O–H groups in total. The number of hydrogen-bond acceptors (Lipinski definition) is 3. The third kappa shape index (κ3) is 3.97. The van der Waals surface area contributed by atoms with E-state index in [2.05, 4.69) is 0 Å². The number of carbonyl (C=O) groups is 1. The van der Waals surface area contributed by atoms with Crippen LogP contribution in [0.15, 0.2) is 36.4 Å². The van der Waals surface area contributed by atoms with Crippen molar-refractivity contribution in [2.45, 2.75) is 12.8 Å². The van der Waals surface area contributed by atoms with Gasteiger partial charge < -0.3 is 9.84 Å². The molecule has 0 radical (unpaired) electrons. The predicted molar refractivity (Wildman–Crippen MR) is 78.9 cm³/mol. The smallest absolute Gasteiger partial charge is 0.416 e. The van der Waals surface area contributed by atoms with Gasteiger partial charge in [-0.05, 0) is 30.3 Å². The summed E-state index contributed by atoms with van der Waals surface area (Å²) in [6.07, 6.45) is -4.52. The Labute approximate surface area is 139 Å². The second kappa shape index (κ2) is 6.81. The molecule has 0 bridgehead atoms. The molecular formula is C16H9ClF3NO3. The highest BCUT2D eigenvalue weighted by atomic mass is 35.5. The fraction of sp³-hybridized carbons (Fsp3) is 0.125. The molecule has 0 unspecified atom stereocenters. The van der Waals surface area contributed by atoms with Crippen molar-refractivity contribution in [1.82, 2.24) is 0 Å². The van der Waals surface area contributed by atoms with Gasteiger partial charge in [-0.3, -0.25) is 0 Å². The zero-order valence-electron chi connectivity index (χ0n) is 11.9. The van der Waals surface area contributed by atoms with E-state index in [9.17, 15) is 18.0 Å². The molecule has 0 aliphatic carbocycles. The molecule has 2 aromatic rings. The number of rotatable bonds is 4. The van der Waals surface area contributed by atoms with Crippen molar-refractivity contribution in [2.75, 3.05) is 0 Å². The second-order valence-electron chi connectivity index (χ2n) is 4.72. The normalized spacial score (nSPS) is 11.0. The standard InChI is InChI=1S/C16H9ClF3NO3/c17-13-6-11(16(18,19)20)3-4-14(13)24-8-10-2-1-9(7-21)5-12(10)15(22)23/h1-6H,8H2,(H,22,23). The van der Waals surface area contributed by atoms with Crippen LogP contribution < -0.4 is 4.74 Å². The van der Waals surface area contributed by atoms with Crippen molar-refractivity contribution >= 4 is 17.6 Å². The number of nitrogens with zero attached hydrogens (tertiary/aromatic N) is 1. The highest BCUT2D eigenvalue weighted by Crippen LogP contribution is 2.35. The fourth-order valence-corrected chi connectivity index (χ4v) is 2.16. The Kier molecular flexibility index (Phi) is 5.00. The lowest BCUT2D eigenvalue weighted by Crippen LogP contribution is -2.07. The largest absolute Gasteiger partial charge is 0.487 e. The van der Waals surface area contributed by atoms with E-state index >= 15 is 0 Å². The maximum Gasteiger partial charge on any atom is 0.416 e. The molecule has 0 saturated carbocycles. The molecule has 8 heteroatoms. The molecule has 0 aliphatic heterocycles. The van der Waals surface area contributed by atoms with Crippen LogP contribution in [0.25, 0.3) is 0 Å². The first-order chi connectivity index (χ1) is 11.2. The molecule has 2 rings (SSSR count). The highest BCUT2D eigenvalue weighted by molar-refractivity contribution is 6.32. The van der Waals surface area contributed by atoms with Crippen LogP contribution in [0.5, 0.6) is 5.75 Å². The third-order valence-electron chi connectivity index (χ3n) is 3.11. The number of benzene rings is 2. The second-order valence-corrected chi connectivity index (χ2v) is 5.13. The van der Waals surface area contributed by atoms with E-state index in [-0.39, 0.29) is 34.1 Å². The van der Waals surface area contributed by atoms with Crippen molar-refractivity contribution in [3.05, 3.63) is 63.7 Å². The number of halogens is 4. The van der Waals surface area contributed by atoms with Gasteiger partial charge in [-0.2, -0.15) is 18.4 Å². The van der Waals surface area contributed by atoms with E-state index in [1.165, 1.54) is 18.2 Å². The minimum Gasteiger partial charge on any atom is -0.487 e. The molecular weight excluding hydrogens is 347 g/mol. The Morgan fingerprint density at radius 3 is 2.50 bits per heavy atom. The summed E-state index contributed by atoms with van der Waals surface area (Å²) in [5.74, 6) is -1.26. The Hall–Kier alpha value is -2.72. The molecule has 0 aliphatic rings. The summed E-state index contributed by atoms with van der Waals surface area (Å²) in [7, 11) is 0. The Morgan fingerprint density at radius 2 is 1.96 bits per heavy atom. The molecule has 0 fully saturated rings. The van der Waals surface area contributed by atoms with Crippen LogP contribution in [0.2, 0.25) is 5.02 Å². The fourth-order valence-electron chi connectivity index (χ4n) is 1.92. The van der Waals surface area contributed by atoms with Crippen LogP contribution in [0.1, 0.15) is 27.0 Å². The van der Waals surface area contributed by atoms with E-state index in [0.717, 1.165) is 18.2 Å². The van der Waals surface area contributed by atoms with Gasteiger partial charge in [-0.1, -0.05) is 17.7 Å². The first kappa shape index (κ1) is 17.6. The summed E-state index contributed by atoms with van der Waals surface area (Å²) in [5.41, 5.74) is -0.609. The minimum absolute atomic E-state index is 0.00892. The van der Waals surface area contributed by atoms with Gasteiger partial charge in [0, 0.05) is 5.56 Å². The van der Waals surface area contributed by atoms with Crippen LogP contribution in [-0.4, -0.2) is 11.1 Å². The molecule has 0 amide bonds. The number of aromatic carboxylic acids is 1. The maximum absolute atomic E-state index is 12.6. The quantitative estimate of drug-likeness (QED) is 0.876. The summed E-state index contributed by atoms with van der Waals surface area (Å²) in [5, 5.41) is 17.7. The number of carboxylic acids is 1. The Bertz CT molecular complexity index is 828. The van der Waals surface area contributed by atoms with Gasteiger partial charge in [-0.15, -0.1) is 0 Å². The van der Waals surface area contributed by atoms with Crippen molar-refractivity contribution in [3.8, 4) is 11.8 Å². The van der Waals surface area contributed by atoms with Crippen molar-refractivity contribution in [1.29, 1.82) is 5.26 Å². The van der Waals surface area contributed by atoms with E-state index in [0.29, 0.717) is 0 Å². The summed E-state index contributed by atoms with van der Waals surface area (Å²) in [4.78, 5) is 11.2. The summed E-state index contributed by atoms with van der Waals surface area (Å²) in [6, 6.07) is 8.44. The molecule has 124 valence electrons. The molecule has 2 aromatic carbocycles. The van der Waals surface area contributed by atoms with Crippen molar-refractivity contribution < 1.29 is 27.8 Å². The monoisotopic (exact) mass is 355 g/mol. The van der Waals surface area contributed by atoms with Crippen LogP contribution >= 0.6 is 11.6 Å². The minimum atomic E-state index is -4.52. The molecule has 0 saturated heterocycles. The van der Waals surface area contributed by atoms with Gasteiger partial charge in [0.05, 0.1) is 27.8 Å². The van der Waals surface area contributed by atoms with Crippen LogP contribution in [0.4, 0.5) is 13.2 Å². The molecule has 24 heavy (non-hydrogen) atoms. The topological polar surface area (TPSA) is 70.3 Å². The van der Waals surface area contributed by atoms with Crippen LogP contribution in [0, 0.1) is 11.3 Å². The van der Waals surface area contributed by atoms with Gasteiger partial charge >= 0.3 is 12.1 Å². The average molecular weight is 356 g/mol. The van der Waals surface area contributed by atoms with Gasteiger partial charge in [0.2, 0.25) is 0 Å². The molecule has 0 heterocycles. The van der Waals surface area contributed by atoms with E-state index < -0.39 is 17.7 Å². The number of nitriles is 1. The summed E-state index contributed by atoms with van der Waals surface area (Å²) in [6.45, 7) is -0.224. The van der Waals surface area contributed by atoms with Crippen LogP contribution in [0.3, 0.4) is 0 Å². The lowest BCUT2D eigenvalue weighted by atomic mass is 10.1. The van der Waals surface area contributed by atoms with Crippen LogP contribution in [-0.2, 0) is 12.8 Å². The van der Waals surface area contributed by atoms with Crippen molar-refractivity contribution in [2.24, 2.45) is 0 Å². The zero-order valence-corrected chi connectivity index (χ0v) is 12.6. The molecule has 4 nitrogen and oxygen atoms in total. The van der Waals surface area contributed by atoms with E-state index in [1.807, 2.05) is 6.07 Å². The number of hydrogen-bond donors (Lipinski definition) is 1. The first-order valence-electron chi connectivity index (χ1n) is 6.48. The Balaban J connectivity index is 2.23. The predicted octanol–water partition coefficient (Wildman–Crippen LogP) is 4.51. The zero-order chi connectivity index (χ0) is 17.9. The number of ether oxygens (including phenoxy) is 1. The lowest BCUT2D eigenvalue weighted by Gasteiger charge is -2.12. The molecule has 0 spiro atoms. The summed E-state index contributed by atoms with van der Waals surface area (Å²) >= 11 is 5.77. The molecule has 0 atom stereocenters. The van der Waals surface area contributed by atoms with Gasteiger partial charge in [0.25, 0.3) is 0 Å². The maximum atomic E-state index is 12.6. The highest BCUT2D eigenvalue weighted by Gasteiger charge is 2.31. The van der Waals surface area contributed by atoms with Gasteiger partial charge in [-0.25, -0.2) is 4.79 Å². The average Bonchev–Trinajstić information content (AvgIpc) is 2.52. The number of alkyl halides is 3. The van der Waals surface area contributed by atoms with Crippen molar-refractivity contribution in [3.63, 3.8) is 0 Å². The summed E-state index contributed by atoms with van der Waals surface area (Å²) < 4.78 is 43.0. The number of carboxylic acid groups (broad SMARTS) is 1. The first-order valence-corrected chi connectivity index (χ1v) is 6.86. The van der Waals surface area contributed by atoms with Gasteiger partial charge in [0.15, 0.2) is 0 Å². The molecule has 0 aromatic heterocycles. The van der Waals surface area contributed by atoms with Gasteiger partial charge in [0.1, 0.15) is 12.4 Å².